The molecule has 6 heteroatoms. The second kappa shape index (κ2) is 7.54. The molecule has 22 heavy (non-hydrogen) atoms. The smallest absolute Gasteiger partial charge is 0.272 e. The number of carbonyl (C=O) groups is 1. The molecule has 0 bridgehead atoms. The quantitative estimate of drug-likeness (QED) is 0.579. The van der Waals surface area contributed by atoms with Crippen molar-refractivity contribution in [1.82, 2.24) is 16.2 Å². The van der Waals surface area contributed by atoms with Crippen molar-refractivity contribution in [2.24, 2.45) is 11.8 Å². The van der Waals surface area contributed by atoms with Crippen molar-refractivity contribution in [3.8, 4) is 0 Å². The topological polar surface area (TPSA) is 53.2 Å². The SMILES string of the molecule is C[C@H]1[C@@H](NC(=S)NNC(=O)c2ccccc2F)CCC[C@@H]1C. The Hall–Kier alpha value is -1.69. The molecule has 4 nitrogen and oxygen atoms in total. The van der Waals surface area contributed by atoms with Crippen LogP contribution in [0.15, 0.2) is 24.3 Å². The molecular formula is C16H22FN3OS. The summed E-state index contributed by atoms with van der Waals surface area (Å²) in [5, 5.41) is 3.59. The zero-order valence-corrected chi connectivity index (χ0v) is 13.7. The van der Waals surface area contributed by atoms with E-state index >= 15 is 0 Å². The minimum Gasteiger partial charge on any atom is -0.358 e. The Kier molecular flexibility index (Phi) is 5.71. The van der Waals surface area contributed by atoms with Gasteiger partial charge in [-0.3, -0.25) is 15.6 Å². The molecule has 0 aliphatic heterocycles. The van der Waals surface area contributed by atoms with Crippen molar-refractivity contribution in [3.63, 3.8) is 0 Å². The molecule has 3 atom stereocenters. The van der Waals surface area contributed by atoms with Crippen LogP contribution in [0.4, 0.5) is 4.39 Å². The van der Waals surface area contributed by atoms with Gasteiger partial charge in [0, 0.05) is 6.04 Å². The minimum absolute atomic E-state index is 0.0162. The fraction of sp³-hybridized carbons (Fsp3) is 0.500. The lowest BCUT2D eigenvalue weighted by Gasteiger charge is -2.35. The summed E-state index contributed by atoms with van der Waals surface area (Å²) in [4.78, 5) is 11.9. The summed E-state index contributed by atoms with van der Waals surface area (Å²) in [5.41, 5.74) is 5.05. The Balaban J connectivity index is 1.83. The van der Waals surface area contributed by atoms with Gasteiger partial charge in [0.25, 0.3) is 5.91 Å². The van der Waals surface area contributed by atoms with E-state index < -0.39 is 11.7 Å². The van der Waals surface area contributed by atoms with E-state index in [1.54, 1.807) is 6.07 Å². The first-order valence-electron chi connectivity index (χ1n) is 7.60. The predicted octanol–water partition coefficient (Wildman–Crippen LogP) is 2.76. The summed E-state index contributed by atoms with van der Waals surface area (Å²) in [6, 6.07) is 6.12. The molecule has 0 aromatic heterocycles. The fourth-order valence-electron chi connectivity index (χ4n) is 2.82. The summed E-state index contributed by atoms with van der Waals surface area (Å²) in [6.45, 7) is 4.46. The van der Waals surface area contributed by atoms with E-state index in [1.165, 1.54) is 31.0 Å². The van der Waals surface area contributed by atoms with Crippen LogP contribution >= 0.6 is 12.2 Å². The Morgan fingerprint density at radius 3 is 2.68 bits per heavy atom. The maximum Gasteiger partial charge on any atom is 0.272 e. The fourth-order valence-corrected chi connectivity index (χ4v) is 3.02. The third-order valence-corrected chi connectivity index (χ3v) is 4.65. The van der Waals surface area contributed by atoms with Gasteiger partial charge in [0.15, 0.2) is 5.11 Å². The summed E-state index contributed by atoms with van der Waals surface area (Å²) in [5.74, 6) is 0.0699. The van der Waals surface area contributed by atoms with Gasteiger partial charge < -0.3 is 5.32 Å². The van der Waals surface area contributed by atoms with Crippen LogP contribution in [-0.2, 0) is 0 Å². The maximum absolute atomic E-state index is 13.5. The number of hydrogen-bond acceptors (Lipinski definition) is 2. The average Bonchev–Trinajstić information content (AvgIpc) is 2.50. The number of halogens is 1. The van der Waals surface area contributed by atoms with Crippen LogP contribution in [-0.4, -0.2) is 17.1 Å². The molecule has 0 unspecified atom stereocenters. The van der Waals surface area contributed by atoms with Gasteiger partial charge in [0.1, 0.15) is 5.82 Å². The van der Waals surface area contributed by atoms with E-state index in [2.05, 4.69) is 30.0 Å². The number of thiocarbonyl (C=S) groups is 1. The largest absolute Gasteiger partial charge is 0.358 e. The third kappa shape index (κ3) is 4.16. The number of hydrazine groups is 1. The van der Waals surface area contributed by atoms with Gasteiger partial charge >= 0.3 is 0 Å². The molecule has 1 fully saturated rings. The normalized spacial score (nSPS) is 24.4. The molecule has 1 aromatic carbocycles. The van der Waals surface area contributed by atoms with E-state index in [0.29, 0.717) is 23.0 Å². The van der Waals surface area contributed by atoms with Crippen LogP contribution in [0.5, 0.6) is 0 Å². The summed E-state index contributed by atoms with van der Waals surface area (Å²) in [7, 11) is 0. The zero-order valence-electron chi connectivity index (χ0n) is 12.9. The van der Waals surface area contributed by atoms with Crippen LogP contribution < -0.4 is 16.2 Å². The van der Waals surface area contributed by atoms with Crippen LogP contribution in [0.2, 0.25) is 0 Å². The highest BCUT2D eigenvalue weighted by atomic mass is 32.1. The molecule has 1 saturated carbocycles. The first-order chi connectivity index (χ1) is 10.5. The molecule has 0 saturated heterocycles. The number of hydrogen-bond donors (Lipinski definition) is 3. The third-order valence-electron chi connectivity index (χ3n) is 4.43. The second-order valence-electron chi connectivity index (χ2n) is 5.91. The molecule has 1 aliphatic rings. The van der Waals surface area contributed by atoms with Crippen LogP contribution in [0.3, 0.4) is 0 Å². The van der Waals surface area contributed by atoms with Gasteiger partial charge in [-0.1, -0.05) is 38.8 Å². The van der Waals surface area contributed by atoms with E-state index in [1.807, 2.05) is 0 Å². The molecule has 0 radical (unpaired) electrons. The molecule has 3 N–H and O–H groups in total. The van der Waals surface area contributed by atoms with Crippen molar-refractivity contribution in [1.29, 1.82) is 0 Å². The van der Waals surface area contributed by atoms with Gasteiger partial charge in [0.2, 0.25) is 0 Å². The molecule has 1 aliphatic carbocycles. The molecule has 1 amide bonds. The highest BCUT2D eigenvalue weighted by Crippen LogP contribution is 2.29. The number of rotatable bonds is 2. The van der Waals surface area contributed by atoms with Crippen molar-refractivity contribution in [3.05, 3.63) is 35.6 Å². The highest BCUT2D eigenvalue weighted by molar-refractivity contribution is 7.80. The van der Waals surface area contributed by atoms with Crippen LogP contribution in [0.25, 0.3) is 0 Å². The van der Waals surface area contributed by atoms with Gasteiger partial charge in [-0.2, -0.15) is 0 Å². The molecular weight excluding hydrogens is 301 g/mol. The van der Waals surface area contributed by atoms with Gasteiger partial charge in [-0.25, -0.2) is 4.39 Å². The molecule has 0 spiro atoms. The monoisotopic (exact) mass is 323 g/mol. The lowest BCUT2D eigenvalue weighted by molar-refractivity contribution is 0.0939. The number of carbonyl (C=O) groups excluding carboxylic acids is 1. The zero-order chi connectivity index (χ0) is 16.1. The Labute approximate surface area is 135 Å². The first kappa shape index (κ1) is 16.7. The Bertz CT molecular complexity index is 552. The van der Waals surface area contributed by atoms with E-state index in [4.69, 9.17) is 12.2 Å². The maximum atomic E-state index is 13.5. The summed E-state index contributed by atoms with van der Waals surface area (Å²) in [6.07, 6.45) is 3.48. The molecule has 0 heterocycles. The van der Waals surface area contributed by atoms with Crippen molar-refractivity contribution in [2.75, 3.05) is 0 Å². The van der Waals surface area contributed by atoms with Crippen LogP contribution in [0, 0.1) is 17.7 Å². The van der Waals surface area contributed by atoms with E-state index in [0.717, 1.165) is 6.42 Å². The molecule has 120 valence electrons. The first-order valence-corrected chi connectivity index (χ1v) is 8.01. The number of amides is 1. The van der Waals surface area contributed by atoms with Crippen molar-refractivity contribution >= 4 is 23.2 Å². The number of nitrogens with one attached hydrogen (secondary N) is 3. The lowest BCUT2D eigenvalue weighted by Crippen LogP contribution is -2.52. The standard InChI is InChI=1S/C16H22FN3OS/c1-10-6-5-9-14(11(10)2)18-16(22)20-19-15(21)12-7-3-4-8-13(12)17/h3-4,7-8,10-11,14H,5-6,9H2,1-2H3,(H,19,21)(H2,18,20,22)/t10-,11+,14-/m0/s1. The molecule has 1 aromatic rings. The van der Waals surface area contributed by atoms with E-state index in [-0.39, 0.29) is 5.56 Å². The van der Waals surface area contributed by atoms with Crippen LogP contribution in [0.1, 0.15) is 43.5 Å². The average molecular weight is 323 g/mol. The second-order valence-corrected chi connectivity index (χ2v) is 6.31. The van der Waals surface area contributed by atoms with Gasteiger partial charge in [-0.15, -0.1) is 0 Å². The number of benzene rings is 1. The van der Waals surface area contributed by atoms with E-state index in [9.17, 15) is 9.18 Å². The van der Waals surface area contributed by atoms with Crippen molar-refractivity contribution in [2.45, 2.75) is 39.2 Å². The summed E-state index contributed by atoms with van der Waals surface area (Å²) >= 11 is 5.20. The summed E-state index contributed by atoms with van der Waals surface area (Å²) < 4.78 is 13.5. The highest BCUT2D eigenvalue weighted by Gasteiger charge is 2.27. The van der Waals surface area contributed by atoms with Crippen molar-refractivity contribution < 1.29 is 9.18 Å². The van der Waals surface area contributed by atoms with Gasteiger partial charge in [-0.05, 0) is 42.6 Å². The Morgan fingerprint density at radius 1 is 1.23 bits per heavy atom. The predicted molar refractivity (Wildman–Crippen MR) is 88.7 cm³/mol. The molecule has 2 rings (SSSR count). The Morgan fingerprint density at radius 2 is 1.95 bits per heavy atom. The lowest BCUT2D eigenvalue weighted by atomic mass is 9.78. The minimum atomic E-state index is -0.560. The van der Waals surface area contributed by atoms with Gasteiger partial charge in [0.05, 0.1) is 5.56 Å².